The molecular formula is C25H29NO2. The minimum absolute atomic E-state index is 0.0702. The summed E-state index contributed by atoms with van der Waals surface area (Å²) in [4.78, 5) is 16.3. The Morgan fingerprint density at radius 3 is 2.29 bits per heavy atom. The van der Waals surface area contributed by atoms with Crippen LogP contribution in [0.5, 0.6) is 0 Å². The molecule has 28 heavy (non-hydrogen) atoms. The van der Waals surface area contributed by atoms with E-state index in [9.17, 15) is 4.79 Å². The predicted octanol–water partition coefficient (Wildman–Crippen LogP) is 6.15. The number of anilines is 1. The molecule has 4 saturated carbocycles. The summed E-state index contributed by atoms with van der Waals surface area (Å²) in [6, 6.07) is 12.1. The van der Waals surface area contributed by atoms with Crippen LogP contribution in [0.1, 0.15) is 56.6 Å². The van der Waals surface area contributed by atoms with Gasteiger partial charge >= 0.3 is 0 Å². The SMILES string of the molecule is C=CCC(c1ccoc1)N(C(=O)C12CC3CC(CC(C3)C1)C2)c1ccccc1. The summed E-state index contributed by atoms with van der Waals surface area (Å²) in [6.07, 6.45) is 13.4. The van der Waals surface area contributed by atoms with Gasteiger partial charge in [-0.05, 0) is 80.9 Å². The zero-order valence-electron chi connectivity index (χ0n) is 16.4. The van der Waals surface area contributed by atoms with Gasteiger partial charge in [-0.15, -0.1) is 6.58 Å². The van der Waals surface area contributed by atoms with Crippen LogP contribution in [0, 0.1) is 23.2 Å². The van der Waals surface area contributed by atoms with Crippen LogP contribution in [0.3, 0.4) is 0 Å². The summed E-state index contributed by atoms with van der Waals surface area (Å²) in [5, 5.41) is 0. The fraction of sp³-hybridized carbons (Fsp3) is 0.480. The summed E-state index contributed by atoms with van der Waals surface area (Å²) in [7, 11) is 0. The molecule has 4 fully saturated rings. The maximum atomic E-state index is 14.3. The number of hydrogen-bond donors (Lipinski definition) is 0. The largest absolute Gasteiger partial charge is 0.472 e. The van der Waals surface area contributed by atoms with E-state index in [0.717, 1.165) is 48.3 Å². The molecule has 1 aromatic carbocycles. The Bertz CT molecular complexity index is 803. The molecule has 4 aliphatic rings. The monoisotopic (exact) mass is 375 g/mol. The Hall–Kier alpha value is -2.29. The van der Waals surface area contributed by atoms with Gasteiger partial charge in [-0.2, -0.15) is 0 Å². The Balaban J connectivity index is 1.56. The number of benzene rings is 1. The quantitative estimate of drug-likeness (QED) is 0.568. The lowest BCUT2D eigenvalue weighted by Gasteiger charge is -2.57. The molecule has 2 aromatic rings. The van der Waals surface area contributed by atoms with Crippen molar-refractivity contribution in [3.8, 4) is 0 Å². The van der Waals surface area contributed by atoms with E-state index in [-0.39, 0.29) is 11.5 Å². The number of amides is 1. The predicted molar refractivity (Wildman–Crippen MR) is 111 cm³/mol. The molecule has 3 heteroatoms. The first-order valence-electron chi connectivity index (χ1n) is 10.7. The molecule has 1 heterocycles. The maximum Gasteiger partial charge on any atom is 0.233 e. The molecular weight excluding hydrogens is 346 g/mol. The minimum atomic E-state index is -0.173. The van der Waals surface area contributed by atoms with Crippen LogP contribution in [-0.4, -0.2) is 5.91 Å². The molecule has 1 aromatic heterocycles. The summed E-state index contributed by atoms with van der Waals surface area (Å²) in [5.41, 5.74) is 1.85. The maximum absolute atomic E-state index is 14.3. The first-order valence-corrected chi connectivity index (χ1v) is 10.7. The number of furan rings is 1. The van der Waals surface area contributed by atoms with Crippen molar-refractivity contribution in [3.05, 3.63) is 67.1 Å². The van der Waals surface area contributed by atoms with Crippen molar-refractivity contribution < 1.29 is 9.21 Å². The fourth-order valence-corrected chi connectivity index (χ4v) is 6.67. The van der Waals surface area contributed by atoms with Gasteiger partial charge in [-0.3, -0.25) is 4.79 Å². The highest BCUT2D eigenvalue weighted by atomic mass is 16.3. The number of rotatable bonds is 6. The lowest BCUT2D eigenvalue weighted by Crippen LogP contribution is -2.55. The van der Waals surface area contributed by atoms with Crippen LogP contribution < -0.4 is 4.90 Å². The number of nitrogens with zero attached hydrogens (tertiary/aromatic N) is 1. The van der Waals surface area contributed by atoms with Gasteiger partial charge in [0.2, 0.25) is 5.91 Å². The molecule has 0 N–H and O–H groups in total. The minimum Gasteiger partial charge on any atom is -0.472 e. The van der Waals surface area contributed by atoms with Crippen LogP contribution in [0.25, 0.3) is 0 Å². The molecule has 3 nitrogen and oxygen atoms in total. The summed E-state index contributed by atoms with van der Waals surface area (Å²) >= 11 is 0. The normalized spacial score (nSPS) is 31.5. The lowest BCUT2D eigenvalue weighted by molar-refractivity contribution is -0.143. The zero-order chi connectivity index (χ0) is 19.1. The van der Waals surface area contributed by atoms with Crippen LogP contribution >= 0.6 is 0 Å². The van der Waals surface area contributed by atoms with Gasteiger partial charge in [-0.25, -0.2) is 0 Å². The van der Waals surface area contributed by atoms with E-state index in [2.05, 4.69) is 23.6 Å². The Labute approximate surface area is 167 Å². The summed E-state index contributed by atoms with van der Waals surface area (Å²) in [5.74, 6) is 2.57. The van der Waals surface area contributed by atoms with Crippen molar-refractivity contribution in [2.45, 2.75) is 51.0 Å². The molecule has 0 aliphatic heterocycles. The Morgan fingerprint density at radius 1 is 1.11 bits per heavy atom. The van der Waals surface area contributed by atoms with Gasteiger partial charge in [-0.1, -0.05) is 24.3 Å². The van der Waals surface area contributed by atoms with Crippen molar-refractivity contribution in [1.82, 2.24) is 0 Å². The molecule has 0 saturated heterocycles. The molecule has 6 rings (SSSR count). The molecule has 146 valence electrons. The second-order valence-corrected chi connectivity index (χ2v) is 9.31. The third-order valence-electron chi connectivity index (χ3n) is 7.37. The van der Waals surface area contributed by atoms with Crippen molar-refractivity contribution in [2.75, 3.05) is 4.90 Å². The molecule has 0 spiro atoms. The lowest BCUT2D eigenvalue weighted by atomic mass is 9.49. The van der Waals surface area contributed by atoms with Crippen LogP contribution in [-0.2, 0) is 4.79 Å². The fourth-order valence-electron chi connectivity index (χ4n) is 6.67. The molecule has 1 atom stereocenters. The van der Waals surface area contributed by atoms with Gasteiger partial charge in [0.25, 0.3) is 0 Å². The molecule has 1 unspecified atom stereocenters. The van der Waals surface area contributed by atoms with Crippen molar-refractivity contribution in [2.24, 2.45) is 23.2 Å². The molecule has 0 radical (unpaired) electrons. The van der Waals surface area contributed by atoms with Gasteiger partial charge in [0.15, 0.2) is 0 Å². The third kappa shape index (κ3) is 2.92. The third-order valence-corrected chi connectivity index (χ3v) is 7.37. The van der Waals surface area contributed by atoms with Crippen molar-refractivity contribution >= 4 is 11.6 Å². The van der Waals surface area contributed by atoms with Gasteiger partial charge in [0.1, 0.15) is 0 Å². The van der Waals surface area contributed by atoms with E-state index >= 15 is 0 Å². The standard InChI is InChI=1S/C25H29NO2/c1-2-6-23(21-9-10-28-17-21)26(22-7-4-3-5-8-22)24(27)25-14-18-11-19(15-25)13-20(12-18)16-25/h2-5,7-10,17-20,23H,1,6,11-16H2. The number of hydrogen-bond acceptors (Lipinski definition) is 2. The smallest absolute Gasteiger partial charge is 0.233 e. The highest BCUT2D eigenvalue weighted by Crippen LogP contribution is 2.61. The molecule has 1 amide bonds. The topological polar surface area (TPSA) is 33.5 Å². The van der Waals surface area contributed by atoms with E-state index in [1.807, 2.05) is 30.3 Å². The van der Waals surface area contributed by atoms with Crippen LogP contribution in [0.4, 0.5) is 5.69 Å². The average molecular weight is 376 g/mol. The molecule has 4 aliphatic carbocycles. The first-order chi connectivity index (χ1) is 13.7. The summed E-state index contributed by atoms with van der Waals surface area (Å²) < 4.78 is 5.38. The second-order valence-electron chi connectivity index (χ2n) is 9.31. The average Bonchev–Trinajstić information content (AvgIpc) is 3.22. The van der Waals surface area contributed by atoms with Gasteiger partial charge < -0.3 is 9.32 Å². The van der Waals surface area contributed by atoms with Gasteiger partial charge in [0, 0.05) is 11.3 Å². The van der Waals surface area contributed by atoms with Gasteiger partial charge in [0.05, 0.1) is 24.0 Å². The highest BCUT2D eigenvalue weighted by Gasteiger charge is 2.56. The Kier molecular flexibility index (Phi) is 4.41. The zero-order valence-corrected chi connectivity index (χ0v) is 16.4. The van der Waals surface area contributed by atoms with E-state index in [0.29, 0.717) is 12.3 Å². The number of para-hydroxylation sites is 1. The van der Waals surface area contributed by atoms with Crippen LogP contribution in [0.2, 0.25) is 0 Å². The van der Waals surface area contributed by atoms with Crippen molar-refractivity contribution in [3.63, 3.8) is 0 Å². The van der Waals surface area contributed by atoms with Crippen LogP contribution in [0.15, 0.2) is 66.0 Å². The van der Waals surface area contributed by atoms with E-state index in [4.69, 9.17) is 4.42 Å². The van der Waals surface area contributed by atoms with E-state index in [1.165, 1.54) is 19.3 Å². The van der Waals surface area contributed by atoms with Crippen molar-refractivity contribution in [1.29, 1.82) is 0 Å². The number of carbonyl (C=O) groups is 1. The second kappa shape index (κ2) is 6.95. The van der Waals surface area contributed by atoms with E-state index in [1.54, 1.807) is 12.5 Å². The number of carbonyl (C=O) groups excluding carboxylic acids is 1. The first kappa shape index (κ1) is 17.8. The summed E-state index contributed by atoms with van der Waals surface area (Å²) in [6.45, 7) is 3.97. The Morgan fingerprint density at radius 2 is 1.75 bits per heavy atom. The highest BCUT2D eigenvalue weighted by molar-refractivity contribution is 5.98. The van der Waals surface area contributed by atoms with E-state index < -0.39 is 0 Å². The molecule has 4 bridgehead atoms.